The van der Waals surface area contributed by atoms with Crippen molar-refractivity contribution < 1.29 is 8.78 Å². The Labute approximate surface area is 105 Å². The Balaban J connectivity index is 2.23. The van der Waals surface area contributed by atoms with Gasteiger partial charge in [-0.3, -0.25) is 0 Å². The molecule has 0 aromatic heterocycles. The zero-order chi connectivity index (χ0) is 13.0. The number of rotatable bonds is 4. The minimum atomic E-state index is -0.421. The van der Waals surface area contributed by atoms with Crippen LogP contribution >= 0.6 is 0 Å². The van der Waals surface area contributed by atoms with Gasteiger partial charge in [-0.25, -0.2) is 8.78 Å². The molecule has 94 valence electrons. The van der Waals surface area contributed by atoms with Gasteiger partial charge in [0.1, 0.15) is 11.6 Å². The fraction of sp³-hybridized carbons (Fsp3) is 0.200. The SMILES string of the molecule is NCC(Cc1cc(F)ccc1F)c1ccccc1. The van der Waals surface area contributed by atoms with Crippen LogP contribution in [-0.4, -0.2) is 6.54 Å². The maximum Gasteiger partial charge on any atom is 0.126 e. The van der Waals surface area contributed by atoms with Gasteiger partial charge >= 0.3 is 0 Å². The molecule has 0 amide bonds. The standard InChI is InChI=1S/C15H15F2N/c16-14-6-7-15(17)12(9-14)8-13(10-18)11-4-2-1-3-5-11/h1-7,9,13H,8,10,18H2. The molecule has 1 nitrogen and oxygen atoms in total. The van der Waals surface area contributed by atoms with E-state index in [2.05, 4.69) is 0 Å². The van der Waals surface area contributed by atoms with E-state index in [1.807, 2.05) is 30.3 Å². The molecule has 1 atom stereocenters. The second-order valence-corrected chi connectivity index (χ2v) is 4.28. The number of halogens is 2. The van der Waals surface area contributed by atoms with E-state index in [0.717, 1.165) is 17.7 Å². The molecule has 0 heterocycles. The van der Waals surface area contributed by atoms with Crippen molar-refractivity contribution in [2.45, 2.75) is 12.3 Å². The molecule has 0 saturated heterocycles. The second-order valence-electron chi connectivity index (χ2n) is 4.28. The summed E-state index contributed by atoms with van der Waals surface area (Å²) in [6, 6.07) is 13.2. The van der Waals surface area contributed by atoms with Gasteiger partial charge in [0.2, 0.25) is 0 Å². The summed E-state index contributed by atoms with van der Waals surface area (Å²) < 4.78 is 26.7. The van der Waals surface area contributed by atoms with Crippen molar-refractivity contribution in [1.29, 1.82) is 0 Å². The van der Waals surface area contributed by atoms with Crippen molar-refractivity contribution in [3.05, 3.63) is 71.3 Å². The molecular weight excluding hydrogens is 232 g/mol. The number of hydrogen-bond acceptors (Lipinski definition) is 1. The van der Waals surface area contributed by atoms with Crippen molar-refractivity contribution in [2.24, 2.45) is 5.73 Å². The summed E-state index contributed by atoms with van der Waals surface area (Å²) in [4.78, 5) is 0. The Morgan fingerprint density at radius 3 is 2.39 bits per heavy atom. The van der Waals surface area contributed by atoms with Crippen LogP contribution in [0.5, 0.6) is 0 Å². The van der Waals surface area contributed by atoms with E-state index in [-0.39, 0.29) is 11.7 Å². The van der Waals surface area contributed by atoms with Crippen molar-refractivity contribution >= 4 is 0 Å². The van der Waals surface area contributed by atoms with Gasteiger partial charge in [0.25, 0.3) is 0 Å². The first-order valence-electron chi connectivity index (χ1n) is 5.89. The van der Waals surface area contributed by atoms with Crippen LogP contribution in [0.2, 0.25) is 0 Å². The molecule has 2 N–H and O–H groups in total. The molecule has 1 unspecified atom stereocenters. The highest BCUT2D eigenvalue weighted by Crippen LogP contribution is 2.22. The fourth-order valence-electron chi connectivity index (χ4n) is 2.03. The minimum Gasteiger partial charge on any atom is -0.330 e. The minimum absolute atomic E-state index is 0.00231. The second kappa shape index (κ2) is 5.74. The van der Waals surface area contributed by atoms with E-state index in [1.54, 1.807) is 0 Å². The lowest BCUT2D eigenvalue weighted by atomic mass is 9.92. The Bertz CT molecular complexity index is 511. The molecule has 0 aliphatic rings. The molecular formula is C15H15F2N. The molecule has 0 spiro atoms. The molecule has 0 radical (unpaired) electrons. The first kappa shape index (κ1) is 12.7. The summed E-state index contributed by atoms with van der Waals surface area (Å²) in [6.07, 6.45) is 0.407. The first-order chi connectivity index (χ1) is 8.70. The third-order valence-electron chi connectivity index (χ3n) is 3.03. The Morgan fingerprint density at radius 1 is 1.00 bits per heavy atom. The van der Waals surface area contributed by atoms with Crippen molar-refractivity contribution in [1.82, 2.24) is 0 Å². The maximum absolute atomic E-state index is 13.6. The van der Waals surface area contributed by atoms with Crippen LogP contribution in [0.4, 0.5) is 8.78 Å². The molecule has 0 bridgehead atoms. The van der Waals surface area contributed by atoms with Crippen LogP contribution in [0.15, 0.2) is 48.5 Å². The molecule has 2 aromatic carbocycles. The molecule has 0 aliphatic carbocycles. The van der Waals surface area contributed by atoms with Crippen LogP contribution in [0.1, 0.15) is 17.0 Å². The van der Waals surface area contributed by atoms with E-state index in [9.17, 15) is 8.78 Å². The highest BCUT2D eigenvalue weighted by Gasteiger charge is 2.13. The van der Waals surface area contributed by atoms with Gasteiger partial charge in [-0.15, -0.1) is 0 Å². The highest BCUT2D eigenvalue weighted by molar-refractivity contribution is 5.26. The molecule has 0 fully saturated rings. The fourth-order valence-corrected chi connectivity index (χ4v) is 2.03. The topological polar surface area (TPSA) is 26.0 Å². The van der Waals surface area contributed by atoms with Crippen molar-refractivity contribution in [2.75, 3.05) is 6.54 Å². The number of hydrogen-bond donors (Lipinski definition) is 1. The van der Waals surface area contributed by atoms with Crippen LogP contribution in [0.25, 0.3) is 0 Å². The van der Waals surface area contributed by atoms with Crippen LogP contribution in [-0.2, 0) is 6.42 Å². The predicted octanol–water partition coefficient (Wildman–Crippen LogP) is 3.25. The molecule has 2 aromatic rings. The molecule has 0 saturated carbocycles. The first-order valence-corrected chi connectivity index (χ1v) is 5.89. The zero-order valence-electron chi connectivity index (χ0n) is 9.94. The summed E-state index contributed by atoms with van der Waals surface area (Å²) in [5, 5.41) is 0. The maximum atomic E-state index is 13.6. The normalized spacial score (nSPS) is 12.4. The van der Waals surface area contributed by atoms with Gasteiger partial charge in [-0.1, -0.05) is 30.3 Å². The lowest BCUT2D eigenvalue weighted by Gasteiger charge is -2.15. The summed E-state index contributed by atoms with van der Waals surface area (Å²) >= 11 is 0. The summed E-state index contributed by atoms with van der Waals surface area (Å²) in [5.74, 6) is -0.802. The average Bonchev–Trinajstić information content (AvgIpc) is 2.41. The Morgan fingerprint density at radius 2 is 1.72 bits per heavy atom. The smallest absolute Gasteiger partial charge is 0.126 e. The van der Waals surface area contributed by atoms with E-state index >= 15 is 0 Å². The molecule has 2 rings (SSSR count). The van der Waals surface area contributed by atoms with Gasteiger partial charge in [0, 0.05) is 5.92 Å². The average molecular weight is 247 g/mol. The van der Waals surface area contributed by atoms with Gasteiger partial charge < -0.3 is 5.73 Å². The summed E-state index contributed by atoms with van der Waals surface area (Å²) in [7, 11) is 0. The summed E-state index contributed by atoms with van der Waals surface area (Å²) in [6.45, 7) is 0.403. The summed E-state index contributed by atoms with van der Waals surface area (Å²) in [5.41, 5.74) is 7.14. The lowest BCUT2D eigenvalue weighted by Crippen LogP contribution is -2.15. The predicted molar refractivity (Wildman–Crippen MR) is 68.3 cm³/mol. The van der Waals surface area contributed by atoms with E-state index in [1.165, 1.54) is 6.07 Å². The third-order valence-corrected chi connectivity index (χ3v) is 3.03. The quantitative estimate of drug-likeness (QED) is 0.881. The number of benzene rings is 2. The lowest BCUT2D eigenvalue weighted by molar-refractivity contribution is 0.570. The van der Waals surface area contributed by atoms with Gasteiger partial charge in [0.05, 0.1) is 0 Å². The van der Waals surface area contributed by atoms with Gasteiger partial charge in [-0.05, 0) is 42.3 Å². The van der Waals surface area contributed by atoms with E-state index in [4.69, 9.17) is 5.73 Å². The van der Waals surface area contributed by atoms with E-state index < -0.39 is 5.82 Å². The Hall–Kier alpha value is -1.74. The largest absolute Gasteiger partial charge is 0.330 e. The highest BCUT2D eigenvalue weighted by atomic mass is 19.1. The van der Waals surface area contributed by atoms with Gasteiger partial charge in [-0.2, -0.15) is 0 Å². The number of nitrogens with two attached hydrogens (primary N) is 1. The van der Waals surface area contributed by atoms with Crippen molar-refractivity contribution in [3.8, 4) is 0 Å². The van der Waals surface area contributed by atoms with Crippen LogP contribution < -0.4 is 5.73 Å². The van der Waals surface area contributed by atoms with Gasteiger partial charge in [0.15, 0.2) is 0 Å². The molecule has 18 heavy (non-hydrogen) atoms. The van der Waals surface area contributed by atoms with Crippen LogP contribution in [0.3, 0.4) is 0 Å². The zero-order valence-corrected chi connectivity index (χ0v) is 9.94. The Kier molecular flexibility index (Phi) is 4.05. The van der Waals surface area contributed by atoms with E-state index in [0.29, 0.717) is 18.5 Å². The third kappa shape index (κ3) is 2.93. The molecule has 3 heteroatoms. The monoisotopic (exact) mass is 247 g/mol. The van der Waals surface area contributed by atoms with Crippen LogP contribution in [0, 0.1) is 11.6 Å². The van der Waals surface area contributed by atoms with Crippen molar-refractivity contribution in [3.63, 3.8) is 0 Å². The molecule has 0 aliphatic heterocycles.